The minimum atomic E-state index is 0.591. The predicted octanol–water partition coefficient (Wildman–Crippen LogP) is 3.07. The highest BCUT2D eigenvalue weighted by Gasteiger charge is 2.06. The SMILES string of the molecule is CCC(C)NC(C)Cc1cccs1. The third-order valence-electron chi connectivity index (χ3n) is 2.27. The molecule has 0 aliphatic rings. The first-order chi connectivity index (χ1) is 6.22. The van der Waals surface area contributed by atoms with Crippen molar-refractivity contribution in [3.8, 4) is 0 Å². The third kappa shape index (κ3) is 3.92. The molecule has 0 spiro atoms. The Morgan fingerprint density at radius 3 is 2.69 bits per heavy atom. The van der Waals surface area contributed by atoms with Crippen LogP contribution in [0.1, 0.15) is 32.1 Å². The van der Waals surface area contributed by atoms with Crippen LogP contribution >= 0.6 is 11.3 Å². The van der Waals surface area contributed by atoms with E-state index in [1.54, 1.807) is 0 Å². The van der Waals surface area contributed by atoms with E-state index in [1.165, 1.54) is 11.3 Å². The standard InChI is InChI=1S/C11H19NS/c1-4-9(2)12-10(3)8-11-6-5-7-13-11/h5-7,9-10,12H,4,8H2,1-3H3. The Kier molecular flexibility index (Phi) is 4.46. The van der Waals surface area contributed by atoms with Gasteiger partial charge in [-0.1, -0.05) is 13.0 Å². The van der Waals surface area contributed by atoms with Crippen LogP contribution in [0.4, 0.5) is 0 Å². The van der Waals surface area contributed by atoms with Crippen molar-refractivity contribution >= 4 is 11.3 Å². The van der Waals surface area contributed by atoms with Crippen molar-refractivity contribution in [3.63, 3.8) is 0 Å². The minimum absolute atomic E-state index is 0.591. The number of nitrogens with one attached hydrogen (secondary N) is 1. The highest BCUT2D eigenvalue weighted by atomic mass is 32.1. The summed E-state index contributed by atoms with van der Waals surface area (Å²) in [6.45, 7) is 6.71. The maximum absolute atomic E-state index is 3.57. The van der Waals surface area contributed by atoms with Gasteiger partial charge >= 0.3 is 0 Å². The summed E-state index contributed by atoms with van der Waals surface area (Å²) in [4.78, 5) is 1.48. The van der Waals surface area contributed by atoms with Gasteiger partial charge in [-0.15, -0.1) is 11.3 Å². The van der Waals surface area contributed by atoms with Gasteiger partial charge in [0.05, 0.1) is 0 Å². The summed E-state index contributed by atoms with van der Waals surface area (Å²) >= 11 is 1.85. The molecule has 2 unspecified atom stereocenters. The Morgan fingerprint density at radius 2 is 2.15 bits per heavy atom. The van der Waals surface area contributed by atoms with Crippen molar-refractivity contribution in [2.75, 3.05) is 0 Å². The van der Waals surface area contributed by atoms with E-state index in [1.807, 2.05) is 11.3 Å². The molecule has 1 heterocycles. The van der Waals surface area contributed by atoms with E-state index < -0.39 is 0 Å². The minimum Gasteiger partial charge on any atom is -0.311 e. The van der Waals surface area contributed by atoms with Crippen molar-refractivity contribution in [3.05, 3.63) is 22.4 Å². The Morgan fingerprint density at radius 1 is 1.38 bits per heavy atom. The van der Waals surface area contributed by atoms with Gasteiger partial charge in [-0.05, 0) is 38.1 Å². The third-order valence-corrected chi connectivity index (χ3v) is 3.17. The lowest BCUT2D eigenvalue weighted by Gasteiger charge is -2.17. The van der Waals surface area contributed by atoms with Crippen LogP contribution < -0.4 is 5.32 Å². The number of hydrogen-bond donors (Lipinski definition) is 1. The van der Waals surface area contributed by atoms with Gasteiger partial charge < -0.3 is 5.32 Å². The van der Waals surface area contributed by atoms with Gasteiger partial charge in [-0.2, -0.15) is 0 Å². The Balaban J connectivity index is 2.29. The van der Waals surface area contributed by atoms with Crippen LogP contribution in [0.2, 0.25) is 0 Å². The summed E-state index contributed by atoms with van der Waals surface area (Å²) in [5, 5.41) is 5.72. The lowest BCUT2D eigenvalue weighted by molar-refractivity contribution is 0.457. The lowest BCUT2D eigenvalue weighted by Crippen LogP contribution is -2.35. The molecule has 1 N–H and O–H groups in total. The molecular formula is C11H19NS. The first-order valence-corrected chi connectivity index (χ1v) is 5.88. The fraction of sp³-hybridized carbons (Fsp3) is 0.636. The van der Waals surface area contributed by atoms with Gasteiger partial charge in [0.15, 0.2) is 0 Å². The number of hydrogen-bond acceptors (Lipinski definition) is 2. The molecule has 0 aliphatic heterocycles. The van der Waals surface area contributed by atoms with Crippen molar-refractivity contribution < 1.29 is 0 Å². The highest BCUT2D eigenvalue weighted by molar-refractivity contribution is 7.09. The van der Waals surface area contributed by atoms with E-state index >= 15 is 0 Å². The van der Waals surface area contributed by atoms with Gasteiger partial charge in [-0.3, -0.25) is 0 Å². The molecule has 0 bridgehead atoms. The molecule has 1 aromatic heterocycles. The van der Waals surface area contributed by atoms with Crippen molar-refractivity contribution in [2.45, 2.75) is 45.7 Å². The Labute approximate surface area is 85.2 Å². The Hall–Kier alpha value is -0.340. The van der Waals surface area contributed by atoms with Crippen LogP contribution in [0.25, 0.3) is 0 Å². The van der Waals surface area contributed by atoms with Crippen LogP contribution in [0, 0.1) is 0 Å². The van der Waals surface area contributed by atoms with Crippen LogP contribution in [0.3, 0.4) is 0 Å². The maximum Gasteiger partial charge on any atom is 0.00894 e. The first kappa shape index (κ1) is 10.7. The summed E-state index contributed by atoms with van der Waals surface area (Å²) in [6.07, 6.45) is 2.36. The highest BCUT2D eigenvalue weighted by Crippen LogP contribution is 2.11. The molecule has 0 aromatic carbocycles. The molecule has 0 saturated carbocycles. The van der Waals surface area contributed by atoms with E-state index in [9.17, 15) is 0 Å². The van der Waals surface area contributed by atoms with Crippen molar-refractivity contribution in [1.82, 2.24) is 5.32 Å². The molecule has 0 saturated heterocycles. The smallest absolute Gasteiger partial charge is 0.00894 e. The van der Waals surface area contributed by atoms with Gasteiger partial charge in [-0.25, -0.2) is 0 Å². The van der Waals surface area contributed by atoms with E-state index in [2.05, 4.69) is 43.6 Å². The molecule has 2 atom stereocenters. The average Bonchev–Trinajstić information content (AvgIpc) is 2.56. The topological polar surface area (TPSA) is 12.0 Å². The first-order valence-electron chi connectivity index (χ1n) is 5.00. The second-order valence-corrected chi connectivity index (χ2v) is 4.69. The second kappa shape index (κ2) is 5.40. The van der Waals surface area contributed by atoms with Gasteiger partial charge in [0, 0.05) is 17.0 Å². The zero-order chi connectivity index (χ0) is 9.68. The van der Waals surface area contributed by atoms with Crippen molar-refractivity contribution in [1.29, 1.82) is 0 Å². The van der Waals surface area contributed by atoms with E-state index in [-0.39, 0.29) is 0 Å². The lowest BCUT2D eigenvalue weighted by atomic mass is 10.1. The molecule has 74 valence electrons. The largest absolute Gasteiger partial charge is 0.311 e. The van der Waals surface area contributed by atoms with Gasteiger partial charge in [0.25, 0.3) is 0 Å². The second-order valence-electron chi connectivity index (χ2n) is 3.66. The van der Waals surface area contributed by atoms with Crippen LogP contribution in [-0.2, 0) is 6.42 Å². The number of rotatable bonds is 5. The molecule has 0 fully saturated rings. The predicted molar refractivity (Wildman–Crippen MR) is 60.4 cm³/mol. The molecule has 0 amide bonds. The van der Waals surface area contributed by atoms with Crippen LogP contribution in [-0.4, -0.2) is 12.1 Å². The summed E-state index contributed by atoms with van der Waals surface area (Å²) in [5.41, 5.74) is 0. The molecule has 1 aromatic rings. The quantitative estimate of drug-likeness (QED) is 0.765. The van der Waals surface area contributed by atoms with Gasteiger partial charge in [0.2, 0.25) is 0 Å². The van der Waals surface area contributed by atoms with E-state index in [4.69, 9.17) is 0 Å². The zero-order valence-electron chi connectivity index (χ0n) is 8.71. The molecule has 1 nitrogen and oxygen atoms in total. The van der Waals surface area contributed by atoms with Crippen LogP contribution in [0.15, 0.2) is 17.5 Å². The Bertz CT molecular complexity index is 218. The molecule has 0 radical (unpaired) electrons. The summed E-state index contributed by atoms with van der Waals surface area (Å²) in [7, 11) is 0. The molecule has 2 heteroatoms. The molecule has 0 aliphatic carbocycles. The van der Waals surface area contributed by atoms with E-state index in [0.29, 0.717) is 12.1 Å². The summed E-state index contributed by atoms with van der Waals surface area (Å²) in [5.74, 6) is 0. The molecule has 1 rings (SSSR count). The fourth-order valence-corrected chi connectivity index (χ4v) is 2.23. The normalized spacial score (nSPS) is 15.6. The summed E-state index contributed by atoms with van der Waals surface area (Å²) in [6, 6.07) is 5.55. The molecular weight excluding hydrogens is 178 g/mol. The van der Waals surface area contributed by atoms with Crippen molar-refractivity contribution in [2.24, 2.45) is 0 Å². The maximum atomic E-state index is 3.57. The average molecular weight is 197 g/mol. The zero-order valence-corrected chi connectivity index (χ0v) is 9.53. The summed E-state index contributed by atoms with van der Waals surface area (Å²) < 4.78 is 0. The van der Waals surface area contributed by atoms with Gasteiger partial charge in [0.1, 0.15) is 0 Å². The van der Waals surface area contributed by atoms with E-state index in [0.717, 1.165) is 6.42 Å². The van der Waals surface area contributed by atoms with Crippen LogP contribution in [0.5, 0.6) is 0 Å². The fourth-order valence-electron chi connectivity index (χ4n) is 1.39. The number of thiophene rings is 1. The monoisotopic (exact) mass is 197 g/mol. The molecule has 13 heavy (non-hydrogen) atoms.